The van der Waals surface area contributed by atoms with Gasteiger partial charge in [-0.15, -0.1) is 0 Å². The lowest BCUT2D eigenvalue weighted by Crippen LogP contribution is -2.31. The Kier molecular flexibility index (Phi) is 3.59. The average molecular weight is 248 g/mol. The van der Waals surface area contributed by atoms with E-state index in [-0.39, 0.29) is 6.10 Å². The van der Waals surface area contributed by atoms with Gasteiger partial charge < -0.3 is 15.0 Å². The van der Waals surface area contributed by atoms with Crippen molar-refractivity contribution in [2.24, 2.45) is 0 Å². The maximum atomic E-state index is 5.87. The van der Waals surface area contributed by atoms with Crippen LogP contribution in [0.1, 0.15) is 25.7 Å². The molecule has 1 unspecified atom stereocenters. The van der Waals surface area contributed by atoms with Crippen LogP contribution in [0.3, 0.4) is 0 Å². The zero-order valence-electron chi connectivity index (χ0n) is 10.6. The third-order valence-electron chi connectivity index (χ3n) is 3.56. The van der Waals surface area contributed by atoms with Crippen molar-refractivity contribution in [2.75, 3.05) is 31.1 Å². The summed E-state index contributed by atoms with van der Waals surface area (Å²) >= 11 is 0. The van der Waals surface area contributed by atoms with E-state index in [0.717, 1.165) is 38.5 Å². The first-order chi connectivity index (χ1) is 8.92. The maximum Gasteiger partial charge on any atom is 0.228 e. The molecule has 2 fully saturated rings. The molecule has 0 amide bonds. The van der Waals surface area contributed by atoms with Gasteiger partial charge in [-0.3, -0.25) is 0 Å². The van der Waals surface area contributed by atoms with Crippen molar-refractivity contribution in [3.8, 4) is 5.88 Å². The highest BCUT2D eigenvalue weighted by Gasteiger charge is 2.18. The number of anilines is 1. The van der Waals surface area contributed by atoms with Crippen LogP contribution >= 0.6 is 0 Å². The van der Waals surface area contributed by atoms with Gasteiger partial charge in [-0.1, -0.05) is 0 Å². The van der Waals surface area contributed by atoms with Gasteiger partial charge in [-0.25, -0.2) is 4.98 Å². The SMILES string of the molecule is c1cc(OC2CCNC2)nc(N2CCCCC2)n1. The van der Waals surface area contributed by atoms with Crippen molar-refractivity contribution in [2.45, 2.75) is 31.8 Å². The van der Waals surface area contributed by atoms with Crippen molar-refractivity contribution < 1.29 is 4.74 Å². The Morgan fingerprint density at radius 2 is 2.17 bits per heavy atom. The van der Waals surface area contributed by atoms with Gasteiger partial charge in [-0.2, -0.15) is 4.98 Å². The zero-order chi connectivity index (χ0) is 12.2. The van der Waals surface area contributed by atoms with E-state index in [1.807, 2.05) is 6.07 Å². The van der Waals surface area contributed by atoms with Crippen LogP contribution in [0, 0.1) is 0 Å². The lowest BCUT2D eigenvalue weighted by atomic mass is 10.1. The molecular weight excluding hydrogens is 228 g/mol. The highest BCUT2D eigenvalue weighted by atomic mass is 16.5. The van der Waals surface area contributed by atoms with Gasteiger partial charge in [0, 0.05) is 31.9 Å². The summed E-state index contributed by atoms with van der Waals surface area (Å²) in [7, 11) is 0. The Bertz CT molecular complexity index is 386. The Morgan fingerprint density at radius 1 is 1.28 bits per heavy atom. The summed E-state index contributed by atoms with van der Waals surface area (Å²) in [6.45, 7) is 4.08. The molecule has 1 N–H and O–H groups in total. The number of nitrogens with zero attached hydrogens (tertiary/aromatic N) is 3. The number of piperidine rings is 1. The molecule has 1 aromatic rings. The highest BCUT2D eigenvalue weighted by molar-refractivity contribution is 5.32. The molecule has 2 saturated heterocycles. The van der Waals surface area contributed by atoms with E-state index in [0.29, 0.717) is 5.88 Å². The van der Waals surface area contributed by atoms with Gasteiger partial charge in [0.25, 0.3) is 0 Å². The molecule has 0 radical (unpaired) electrons. The fourth-order valence-corrected chi connectivity index (χ4v) is 2.54. The molecule has 5 heteroatoms. The lowest BCUT2D eigenvalue weighted by molar-refractivity contribution is 0.213. The smallest absolute Gasteiger partial charge is 0.228 e. The molecule has 0 aromatic carbocycles. The summed E-state index contributed by atoms with van der Waals surface area (Å²) in [6.07, 6.45) is 6.91. The van der Waals surface area contributed by atoms with Crippen LogP contribution in [-0.4, -0.2) is 42.3 Å². The second kappa shape index (κ2) is 5.52. The summed E-state index contributed by atoms with van der Waals surface area (Å²) in [5, 5.41) is 3.29. The van der Waals surface area contributed by atoms with Crippen LogP contribution in [0.15, 0.2) is 12.3 Å². The van der Waals surface area contributed by atoms with Gasteiger partial charge in [0.1, 0.15) is 6.10 Å². The molecule has 1 aromatic heterocycles. The predicted octanol–water partition coefficient (Wildman–Crippen LogP) is 1.21. The summed E-state index contributed by atoms with van der Waals surface area (Å²) in [5.74, 6) is 1.53. The number of nitrogens with one attached hydrogen (secondary N) is 1. The molecule has 2 aliphatic heterocycles. The summed E-state index contributed by atoms with van der Waals surface area (Å²) in [6, 6.07) is 1.85. The minimum atomic E-state index is 0.258. The van der Waals surface area contributed by atoms with Crippen LogP contribution in [0.2, 0.25) is 0 Å². The molecule has 18 heavy (non-hydrogen) atoms. The van der Waals surface area contributed by atoms with Gasteiger partial charge in [-0.05, 0) is 32.2 Å². The first-order valence-corrected chi connectivity index (χ1v) is 6.87. The number of rotatable bonds is 3. The quantitative estimate of drug-likeness (QED) is 0.871. The molecule has 98 valence electrons. The fourth-order valence-electron chi connectivity index (χ4n) is 2.54. The van der Waals surface area contributed by atoms with Gasteiger partial charge >= 0.3 is 0 Å². The second-order valence-corrected chi connectivity index (χ2v) is 4.98. The molecule has 5 nitrogen and oxygen atoms in total. The normalized spacial score (nSPS) is 24.2. The van der Waals surface area contributed by atoms with Gasteiger partial charge in [0.2, 0.25) is 11.8 Å². The third-order valence-corrected chi connectivity index (χ3v) is 3.56. The Hall–Kier alpha value is -1.36. The summed E-state index contributed by atoms with van der Waals surface area (Å²) in [5.41, 5.74) is 0. The third kappa shape index (κ3) is 2.72. The van der Waals surface area contributed by atoms with Crippen LogP contribution in [-0.2, 0) is 0 Å². The number of aromatic nitrogens is 2. The monoisotopic (exact) mass is 248 g/mol. The van der Waals surface area contributed by atoms with Crippen LogP contribution < -0.4 is 15.0 Å². The molecule has 0 saturated carbocycles. The summed E-state index contributed by atoms with van der Waals surface area (Å²) < 4.78 is 5.87. The lowest BCUT2D eigenvalue weighted by Gasteiger charge is -2.26. The molecule has 3 heterocycles. The fraction of sp³-hybridized carbons (Fsp3) is 0.692. The van der Waals surface area contributed by atoms with Crippen molar-refractivity contribution in [1.82, 2.24) is 15.3 Å². The van der Waals surface area contributed by atoms with Crippen molar-refractivity contribution in [1.29, 1.82) is 0 Å². The largest absolute Gasteiger partial charge is 0.473 e. The van der Waals surface area contributed by atoms with Gasteiger partial charge in [0.15, 0.2) is 0 Å². The van der Waals surface area contributed by atoms with Crippen LogP contribution in [0.4, 0.5) is 5.95 Å². The van der Waals surface area contributed by atoms with E-state index in [9.17, 15) is 0 Å². The molecule has 2 aliphatic rings. The second-order valence-electron chi connectivity index (χ2n) is 4.98. The van der Waals surface area contributed by atoms with Crippen molar-refractivity contribution in [3.05, 3.63) is 12.3 Å². The molecule has 3 rings (SSSR count). The minimum absolute atomic E-state index is 0.258. The zero-order valence-corrected chi connectivity index (χ0v) is 10.6. The summed E-state index contributed by atoms with van der Waals surface area (Å²) in [4.78, 5) is 11.1. The number of hydrogen-bond acceptors (Lipinski definition) is 5. The number of hydrogen-bond donors (Lipinski definition) is 1. The predicted molar refractivity (Wildman–Crippen MR) is 70.0 cm³/mol. The average Bonchev–Trinajstić information content (AvgIpc) is 2.93. The van der Waals surface area contributed by atoms with Gasteiger partial charge in [0.05, 0.1) is 0 Å². The highest BCUT2D eigenvalue weighted by Crippen LogP contribution is 2.19. The van der Waals surface area contributed by atoms with E-state index in [1.54, 1.807) is 6.20 Å². The van der Waals surface area contributed by atoms with Crippen LogP contribution in [0.25, 0.3) is 0 Å². The first kappa shape index (κ1) is 11.7. The Morgan fingerprint density at radius 3 is 2.94 bits per heavy atom. The molecule has 0 bridgehead atoms. The standard InChI is InChI=1S/C13H20N4O/c1-2-8-17(9-3-1)13-15-7-5-12(16-13)18-11-4-6-14-10-11/h5,7,11,14H,1-4,6,8-10H2. The molecule has 0 aliphatic carbocycles. The van der Waals surface area contributed by atoms with E-state index >= 15 is 0 Å². The van der Waals surface area contributed by atoms with E-state index in [4.69, 9.17) is 4.74 Å². The van der Waals surface area contributed by atoms with Crippen LogP contribution in [0.5, 0.6) is 5.88 Å². The van der Waals surface area contributed by atoms with E-state index in [1.165, 1.54) is 19.3 Å². The Labute approximate surface area is 108 Å². The topological polar surface area (TPSA) is 50.3 Å². The Balaban J connectivity index is 1.67. The van der Waals surface area contributed by atoms with Crippen molar-refractivity contribution >= 4 is 5.95 Å². The first-order valence-electron chi connectivity index (χ1n) is 6.87. The minimum Gasteiger partial charge on any atom is -0.473 e. The maximum absolute atomic E-state index is 5.87. The van der Waals surface area contributed by atoms with E-state index in [2.05, 4.69) is 20.2 Å². The number of ether oxygens (including phenoxy) is 1. The van der Waals surface area contributed by atoms with Crippen molar-refractivity contribution in [3.63, 3.8) is 0 Å². The molecule has 0 spiro atoms. The molecule has 1 atom stereocenters. The molecular formula is C13H20N4O. The van der Waals surface area contributed by atoms with E-state index < -0.39 is 0 Å².